The molecular weight excluding hydrogens is 250 g/mol. The summed E-state index contributed by atoms with van der Waals surface area (Å²) < 4.78 is 5.30. The van der Waals surface area contributed by atoms with Gasteiger partial charge in [0, 0.05) is 12.6 Å². The zero-order valence-corrected chi connectivity index (χ0v) is 11.7. The average molecular weight is 267 g/mol. The van der Waals surface area contributed by atoms with Crippen LogP contribution < -0.4 is 10.1 Å². The molecule has 0 radical (unpaired) electrons. The summed E-state index contributed by atoms with van der Waals surface area (Å²) in [5.41, 5.74) is 3.90. The van der Waals surface area contributed by atoms with Crippen molar-refractivity contribution in [3.63, 3.8) is 0 Å². The Morgan fingerprint density at radius 2 is 2.15 bits per heavy atom. The third kappa shape index (κ3) is 3.48. The lowest BCUT2D eigenvalue weighted by atomic mass is 10.1. The molecule has 0 spiro atoms. The molecule has 4 nitrogen and oxygen atoms in total. The Morgan fingerprint density at radius 1 is 1.30 bits per heavy atom. The van der Waals surface area contributed by atoms with Gasteiger partial charge in [-0.15, -0.1) is 0 Å². The average Bonchev–Trinajstić information content (AvgIpc) is 2.48. The van der Waals surface area contributed by atoms with Gasteiger partial charge in [0.2, 0.25) is 5.88 Å². The molecule has 1 aromatic carbocycles. The Balaban J connectivity index is 2.00. The van der Waals surface area contributed by atoms with Crippen molar-refractivity contribution in [2.45, 2.75) is 20.4 Å². The van der Waals surface area contributed by atoms with Crippen LogP contribution in [0.1, 0.15) is 23.6 Å². The number of aromatic nitrogens is 1. The molecule has 0 fully saturated rings. The summed E-state index contributed by atoms with van der Waals surface area (Å²) in [5, 5.41) is 12.2. The second kappa shape index (κ2) is 6.58. The van der Waals surface area contributed by atoms with E-state index in [9.17, 15) is 0 Å². The number of benzene rings is 1. The highest BCUT2D eigenvalue weighted by Crippen LogP contribution is 2.15. The smallest absolute Gasteiger partial charge is 0.213 e. The Kier molecular flexibility index (Phi) is 4.56. The van der Waals surface area contributed by atoms with Gasteiger partial charge < -0.3 is 10.1 Å². The fraction of sp³-hybridized carbons (Fsp3) is 0.250. The Bertz CT molecular complexity index is 615. The molecule has 2 rings (SSSR count). The van der Waals surface area contributed by atoms with E-state index < -0.39 is 0 Å². The number of hydrogen-bond donors (Lipinski definition) is 1. The van der Waals surface area contributed by atoms with E-state index in [2.05, 4.69) is 16.4 Å². The zero-order valence-electron chi connectivity index (χ0n) is 11.7. The third-order valence-electron chi connectivity index (χ3n) is 2.98. The van der Waals surface area contributed by atoms with Crippen LogP contribution in [0.2, 0.25) is 0 Å². The highest BCUT2D eigenvalue weighted by Gasteiger charge is 2.01. The van der Waals surface area contributed by atoms with Gasteiger partial charge in [-0.05, 0) is 43.2 Å². The maximum Gasteiger partial charge on any atom is 0.213 e. The number of hydrogen-bond acceptors (Lipinski definition) is 4. The first-order chi connectivity index (χ1) is 9.72. The minimum atomic E-state index is 0.615. The molecule has 0 atom stereocenters. The fourth-order valence-corrected chi connectivity index (χ4v) is 1.88. The van der Waals surface area contributed by atoms with E-state index in [0.717, 1.165) is 16.8 Å². The van der Waals surface area contributed by atoms with E-state index in [-0.39, 0.29) is 0 Å². The van der Waals surface area contributed by atoms with Crippen molar-refractivity contribution < 1.29 is 4.74 Å². The van der Waals surface area contributed by atoms with E-state index in [0.29, 0.717) is 24.6 Å². The van der Waals surface area contributed by atoms with E-state index in [1.807, 2.05) is 44.2 Å². The topological polar surface area (TPSA) is 57.9 Å². The highest BCUT2D eigenvalue weighted by atomic mass is 16.5. The van der Waals surface area contributed by atoms with Crippen molar-refractivity contribution in [1.29, 1.82) is 5.26 Å². The van der Waals surface area contributed by atoms with Gasteiger partial charge in [0.1, 0.15) is 0 Å². The van der Waals surface area contributed by atoms with Gasteiger partial charge in [0.05, 0.1) is 30.1 Å². The van der Waals surface area contributed by atoms with Crippen LogP contribution in [0, 0.1) is 18.3 Å². The van der Waals surface area contributed by atoms with Gasteiger partial charge in [0.25, 0.3) is 0 Å². The summed E-state index contributed by atoms with van der Waals surface area (Å²) >= 11 is 0. The molecule has 0 bridgehead atoms. The summed E-state index contributed by atoms with van der Waals surface area (Å²) in [6, 6.07) is 11.6. The van der Waals surface area contributed by atoms with Gasteiger partial charge >= 0.3 is 0 Å². The Morgan fingerprint density at radius 3 is 2.75 bits per heavy atom. The number of nitrogens with zero attached hydrogens (tertiary/aromatic N) is 2. The molecule has 20 heavy (non-hydrogen) atoms. The summed E-state index contributed by atoms with van der Waals surface area (Å²) in [6.07, 6.45) is 1.75. The molecule has 0 aliphatic carbocycles. The third-order valence-corrected chi connectivity index (χ3v) is 2.98. The minimum Gasteiger partial charge on any atom is -0.478 e. The predicted molar refractivity (Wildman–Crippen MR) is 78.6 cm³/mol. The van der Waals surface area contributed by atoms with E-state index in [1.165, 1.54) is 0 Å². The van der Waals surface area contributed by atoms with Crippen molar-refractivity contribution in [2.24, 2.45) is 0 Å². The van der Waals surface area contributed by atoms with Crippen molar-refractivity contribution in [3.8, 4) is 11.9 Å². The normalized spacial score (nSPS) is 9.85. The maximum atomic E-state index is 8.84. The largest absolute Gasteiger partial charge is 0.478 e. The van der Waals surface area contributed by atoms with Gasteiger partial charge in [-0.3, -0.25) is 0 Å². The quantitative estimate of drug-likeness (QED) is 0.903. The molecule has 1 heterocycles. The second-order valence-corrected chi connectivity index (χ2v) is 4.42. The van der Waals surface area contributed by atoms with Crippen LogP contribution in [0.15, 0.2) is 36.5 Å². The molecule has 102 valence electrons. The van der Waals surface area contributed by atoms with Gasteiger partial charge in [-0.2, -0.15) is 5.26 Å². The first kappa shape index (κ1) is 13.9. The zero-order chi connectivity index (χ0) is 14.4. The van der Waals surface area contributed by atoms with E-state index >= 15 is 0 Å². The number of nitrogens with one attached hydrogen (secondary N) is 1. The molecule has 2 aromatic rings. The SMILES string of the molecule is CCOc1ccc(NCc2ccc(C#N)cc2C)cn1. The molecule has 4 heteroatoms. The van der Waals surface area contributed by atoms with E-state index in [1.54, 1.807) is 6.20 Å². The van der Waals surface area contributed by atoms with Crippen LogP contribution in [-0.2, 0) is 6.54 Å². The molecule has 0 aliphatic rings. The molecule has 0 aliphatic heterocycles. The molecular formula is C16H17N3O. The lowest BCUT2D eigenvalue weighted by molar-refractivity contribution is 0.327. The first-order valence-electron chi connectivity index (χ1n) is 6.55. The number of pyridine rings is 1. The summed E-state index contributed by atoms with van der Waals surface area (Å²) in [7, 11) is 0. The Labute approximate surface area is 119 Å². The molecule has 0 amide bonds. The van der Waals surface area contributed by atoms with Crippen LogP contribution >= 0.6 is 0 Å². The highest BCUT2D eigenvalue weighted by molar-refractivity contribution is 5.44. The molecule has 1 aromatic heterocycles. The molecule has 0 saturated heterocycles. The van der Waals surface area contributed by atoms with Gasteiger partial charge in [-0.1, -0.05) is 6.07 Å². The Hall–Kier alpha value is -2.54. The first-order valence-corrected chi connectivity index (χ1v) is 6.55. The molecule has 0 unspecified atom stereocenters. The lowest BCUT2D eigenvalue weighted by Gasteiger charge is -2.09. The van der Waals surface area contributed by atoms with Crippen LogP contribution in [-0.4, -0.2) is 11.6 Å². The van der Waals surface area contributed by atoms with Crippen molar-refractivity contribution in [3.05, 3.63) is 53.2 Å². The number of nitriles is 1. The van der Waals surface area contributed by atoms with Gasteiger partial charge in [0.15, 0.2) is 0 Å². The predicted octanol–water partition coefficient (Wildman–Crippen LogP) is 3.27. The molecule has 1 N–H and O–H groups in total. The lowest BCUT2D eigenvalue weighted by Crippen LogP contribution is -2.02. The summed E-state index contributed by atoms with van der Waals surface area (Å²) in [4.78, 5) is 4.20. The van der Waals surface area contributed by atoms with Crippen LogP contribution in [0.3, 0.4) is 0 Å². The van der Waals surface area contributed by atoms with Crippen LogP contribution in [0.5, 0.6) is 5.88 Å². The monoisotopic (exact) mass is 267 g/mol. The van der Waals surface area contributed by atoms with Crippen molar-refractivity contribution in [2.75, 3.05) is 11.9 Å². The van der Waals surface area contributed by atoms with E-state index in [4.69, 9.17) is 10.00 Å². The second-order valence-electron chi connectivity index (χ2n) is 4.42. The summed E-state index contributed by atoms with van der Waals surface area (Å²) in [5.74, 6) is 0.632. The van der Waals surface area contributed by atoms with Crippen molar-refractivity contribution in [1.82, 2.24) is 4.98 Å². The molecule has 0 saturated carbocycles. The minimum absolute atomic E-state index is 0.615. The number of ether oxygens (including phenoxy) is 1. The summed E-state index contributed by atoms with van der Waals surface area (Å²) in [6.45, 7) is 5.26. The van der Waals surface area contributed by atoms with Crippen LogP contribution in [0.4, 0.5) is 5.69 Å². The number of aryl methyl sites for hydroxylation is 1. The van der Waals surface area contributed by atoms with Crippen molar-refractivity contribution >= 4 is 5.69 Å². The van der Waals surface area contributed by atoms with Gasteiger partial charge in [-0.25, -0.2) is 4.98 Å². The number of rotatable bonds is 5. The fourth-order valence-electron chi connectivity index (χ4n) is 1.88. The maximum absolute atomic E-state index is 8.84. The standard InChI is InChI=1S/C16H17N3O/c1-3-20-16-7-6-15(11-19-16)18-10-14-5-4-13(9-17)8-12(14)2/h4-8,11,18H,3,10H2,1-2H3. The van der Waals surface area contributed by atoms with Crippen LogP contribution in [0.25, 0.3) is 0 Å². The number of anilines is 1.